The van der Waals surface area contributed by atoms with Crippen molar-refractivity contribution in [2.75, 3.05) is 0 Å². The van der Waals surface area contributed by atoms with E-state index in [-0.39, 0.29) is 5.91 Å². The van der Waals surface area contributed by atoms with Gasteiger partial charge >= 0.3 is 0 Å². The molecule has 0 bridgehead atoms. The Morgan fingerprint density at radius 3 is 2.53 bits per heavy atom. The van der Waals surface area contributed by atoms with Crippen LogP contribution in [0, 0.1) is 0 Å². The fourth-order valence-corrected chi connectivity index (χ4v) is 3.13. The SMILES string of the molecule is O=C(NNC(=O)c1cc(Br)c(Br)s1)c1cccnc1. The molecule has 0 aromatic carbocycles. The molecule has 98 valence electrons. The smallest absolute Gasteiger partial charge is 0.267 e. The summed E-state index contributed by atoms with van der Waals surface area (Å²) in [6, 6.07) is 4.91. The maximum atomic E-state index is 11.8. The zero-order chi connectivity index (χ0) is 13.8. The molecule has 2 aromatic heterocycles. The molecule has 0 aliphatic carbocycles. The van der Waals surface area contributed by atoms with E-state index in [1.807, 2.05) is 0 Å². The number of hydrogen-bond donors (Lipinski definition) is 2. The van der Waals surface area contributed by atoms with Gasteiger partial charge in [-0.2, -0.15) is 0 Å². The Morgan fingerprint density at radius 1 is 1.21 bits per heavy atom. The van der Waals surface area contributed by atoms with Gasteiger partial charge in [0.25, 0.3) is 11.8 Å². The van der Waals surface area contributed by atoms with E-state index in [4.69, 9.17) is 0 Å². The van der Waals surface area contributed by atoms with Crippen LogP contribution >= 0.6 is 43.2 Å². The highest BCUT2D eigenvalue weighted by Crippen LogP contribution is 2.32. The van der Waals surface area contributed by atoms with Gasteiger partial charge in [0.05, 0.1) is 14.2 Å². The van der Waals surface area contributed by atoms with Gasteiger partial charge in [-0.15, -0.1) is 11.3 Å². The van der Waals surface area contributed by atoms with Crippen molar-refractivity contribution < 1.29 is 9.59 Å². The molecule has 0 atom stereocenters. The third kappa shape index (κ3) is 3.62. The van der Waals surface area contributed by atoms with Gasteiger partial charge < -0.3 is 0 Å². The van der Waals surface area contributed by atoms with Crippen LogP contribution in [0.25, 0.3) is 0 Å². The number of carbonyl (C=O) groups excluding carboxylic acids is 2. The van der Waals surface area contributed by atoms with Crippen molar-refractivity contribution in [1.82, 2.24) is 15.8 Å². The molecule has 0 unspecified atom stereocenters. The Labute approximate surface area is 129 Å². The number of amides is 2. The minimum absolute atomic E-state index is 0.372. The Bertz CT molecular complexity index is 596. The summed E-state index contributed by atoms with van der Waals surface area (Å²) in [6.45, 7) is 0. The summed E-state index contributed by atoms with van der Waals surface area (Å²) in [6.07, 6.45) is 2.98. The van der Waals surface area contributed by atoms with Crippen molar-refractivity contribution in [3.05, 3.63) is 49.3 Å². The largest absolute Gasteiger partial charge is 0.279 e. The molecule has 2 N–H and O–H groups in total. The standard InChI is InChI=1S/C11H7Br2N3O2S/c12-7-4-8(19-9(7)13)11(18)16-15-10(17)6-2-1-3-14-5-6/h1-5H,(H,15,17)(H,16,18). The molecule has 2 amide bonds. The van der Waals surface area contributed by atoms with Crippen LogP contribution in [0.2, 0.25) is 0 Å². The van der Waals surface area contributed by atoms with E-state index in [1.165, 1.54) is 17.5 Å². The maximum absolute atomic E-state index is 11.8. The molecule has 19 heavy (non-hydrogen) atoms. The van der Waals surface area contributed by atoms with Crippen molar-refractivity contribution in [2.24, 2.45) is 0 Å². The van der Waals surface area contributed by atoms with E-state index in [1.54, 1.807) is 24.4 Å². The predicted molar refractivity (Wildman–Crippen MR) is 78.9 cm³/mol. The molecule has 0 radical (unpaired) electrons. The van der Waals surface area contributed by atoms with E-state index < -0.39 is 5.91 Å². The zero-order valence-corrected chi connectivity index (χ0v) is 13.3. The summed E-state index contributed by atoms with van der Waals surface area (Å²) in [5, 5.41) is 0. The monoisotopic (exact) mass is 403 g/mol. The lowest BCUT2D eigenvalue weighted by Crippen LogP contribution is -2.41. The minimum Gasteiger partial charge on any atom is -0.267 e. The first-order valence-corrected chi connectivity index (χ1v) is 7.43. The van der Waals surface area contributed by atoms with Crippen LogP contribution in [-0.2, 0) is 0 Å². The lowest BCUT2D eigenvalue weighted by atomic mass is 10.3. The molecule has 8 heteroatoms. The van der Waals surface area contributed by atoms with Gasteiger partial charge in [0.1, 0.15) is 0 Å². The van der Waals surface area contributed by atoms with Gasteiger partial charge in [-0.1, -0.05) is 0 Å². The summed E-state index contributed by atoms with van der Waals surface area (Å²) in [4.78, 5) is 27.7. The third-order valence-corrected chi connectivity index (χ3v) is 5.34. The number of thiophene rings is 1. The second kappa shape index (κ2) is 6.27. The van der Waals surface area contributed by atoms with E-state index in [0.717, 1.165) is 8.26 Å². The van der Waals surface area contributed by atoms with Crippen molar-refractivity contribution in [1.29, 1.82) is 0 Å². The first kappa shape index (κ1) is 14.2. The molecule has 0 spiro atoms. The highest BCUT2D eigenvalue weighted by atomic mass is 79.9. The number of hydrogen-bond acceptors (Lipinski definition) is 4. The molecule has 0 aliphatic rings. The minimum atomic E-state index is -0.420. The van der Waals surface area contributed by atoms with E-state index in [0.29, 0.717) is 10.4 Å². The highest BCUT2D eigenvalue weighted by molar-refractivity contribution is 9.13. The second-order valence-corrected chi connectivity index (χ2v) is 6.61. The number of aromatic nitrogens is 1. The molecule has 0 saturated carbocycles. The number of rotatable bonds is 2. The first-order chi connectivity index (χ1) is 9.08. The number of nitrogens with zero attached hydrogens (tertiary/aromatic N) is 1. The third-order valence-electron chi connectivity index (χ3n) is 2.08. The van der Waals surface area contributed by atoms with Gasteiger partial charge in [0, 0.05) is 16.9 Å². The van der Waals surface area contributed by atoms with Crippen LogP contribution in [0.1, 0.15) is 20.0 Å². The Morgan fingerprint density at radius 2 is 1.95 bits per heavy atom. The Kier molecular flexibility index (Phi) is 4.67. The number of halogens is 2. The van der Waals surface area contributed by atoms with E-state index >= 15 is 0 Å². The van der Waals surface area contributed by atoms with Crippen LogP contribution in [0.4, 0.5) is 0 Å². The molecule has 0 fully saturated rings. The molecule has 2 rings (SSSR count). The van der Waals surface area contributed by atoms with Crippen molar-refractivity contribution in [2.45, 2.75) is 0 Å². The van der Waals surface area contributed by atoms with Gasteiger partial charge in [-0.05, 0) is 50.1 Å². The second-order valence-electron chi connectivity index (χ2n) is 3.38. The summed E-state index contributed by atoms with van der Waals surface area (Å²) >= 11 is 7.85. The first-order valence-electron chi connectivity index (χ1n) is 5.03. The van der Waals surface area contributed by atoms with Crippen LogP contribution in [0.3, 0.4) is 0 Å². The quantitative estimate of drug-likeness (QED) is 0.756. The van der Waals surface area contributed by atoms with Crippen molar-refractivity contribution >= 4 is 55.0 Å². The number of carbonyl (C=O) groups is 2. The normalized spacial score (nSPS) is 10.0. The Balaban J connectivity index is 1.96. The maximum Gasteiger partial charge on any atom is 0.279 e. The van der Waals surface area contributed by atoms with Gasteiger partial charge in [-0.3, -0.25) is 25.4 Å². The number of nitrogens with one attached hydrogen (secondary N) is 2. The Hall–Kier alpha value is -1.25. The summed E-state index contributed by atoms with van der Waals surface area (Å²) < 4.78 is 1.61. The fraction of sp³-hybridized carbons (Fsp3) is 0. The molecule has 2 aromatic rings. The highest BCUT2D eigenvalue weighted by Gasteiger charge is 2.13. The average molecular weight is 405 g/mol. The zero-order valence-electron chi connectivity index (χ0n) is 9.31. The average Bonchev–Trinajstić information content (AvgIpc) is 2.77. The van der Waals surface area contributed by atoms with Crippen LogP contribution < -0.4 is 10.9 Å². The lowest BCUT2D eigenvalue weighted by molar-refractivity contribution is 0.0848. The molecule has 5 nitrogen and oxygen atoms in total. The lowest BCUT2D eigenvalue weighted by Gasteiger charge is -2.05. The molecule has 0 aliphatic heterocycles. The van der Waals surface area contributed by atoms with Crippen molar-refractivity contribution in [3.8, 4) is 0 Å². The van der Waals surface area contributed by atoms with Crippen LogP contribution in [0.5, 0.6) is 0 Å². The van der Waals surface area contributed by atoms with Gasteiger partial charge in [0.15, 0.2) is 0 Å². The van der Waals surface area contributed by atoms with Crippen LogP contribution in [0.15, 0.2) is 38.9 Å². The van der Waals surface area contributed by atoms with Crippen LogP contribution in [-0.4, -0.2) is 16.8 Å². The summed E-state index contributed by atoms with van der Waals surface area (Å²) in [5.74, 6) is -0.801. The van der Waals surface area contributed by atoms with Gasteiger partial charge in [-0.25, -0.2) is 0 Å². The van der Waals surface area contributed by atoms with E-state index in [9.17, 15) is 9.59 Å². The number of hydrazine groups is 1. The number of pyridine rings is 1. The van der Waals surface area contributed by atoms with Gasteiger partial charge in [0.2, 0.25) is 0 Å². The summed E-state index contributed by atoms with van der Waals surface area (Å²) in [7, 11) is 0. The van der Waals surface area contributed by atoms with E-state index in [2.05, 4.69) is 47.7 Å². The fourth-order valence-electron chi connectivity index (χ4n) is 1.20. The molecule has 0 saturated heterocycles. The predicted octanol–water partition coefficient (Wildman–Crippen LogP) is 2.74. The molecular weight excluding hydrogens is 398 g/mol. The summed E-state index contributed by atoms with van der Waals surface area (Å²) in [5.41, 5.74) is 5.04. The molecule has 2 heterocycles. The molecular formula is C11H7Br2N3O2S. The van der Waals surface area contributed by atoms with Crippen molar-refractivity contribution in [3.63, 3.8) is 0 Å². The topological polar surface area (TPSA) is 71.1 Å².